The highest BCUT2D eigenvalue weighted by molar-refractivity contribution is 7.80. The zero-order valence-corrected chi connectivity index (χ0v) is 19.7. The molecule has 4 heterocycles. The van der Waals surface area contributed by atoms with Crippen molar-refractivity contribution in [3.63, 3.8) is 0 Å². The Hall–Kier alpha value is -2.45. The Morgan fingerprint density at radius 3 is 2.61 bits per heavy atom. The van der Waals surface area contributed by atoms with Gasteiger partial charge in [-0.3, -0.25) is 4.55 Å². The van der Waals surface area contributed by atoms with Gasteiger partial charge in [-0.15, -0.1) is 14.5 Å². The Morgan fingerprint density at radius 2 is 1.94 bits per heavy atom. The van der Waals surface area contributed by atoms with Crippen LogP contribution in [0.15, 0.2) is 4.42 Å². The van der Waals surface area contributed by atoms with Gasteiger partial charge >= 0.3 is 22.5 Å². The number of urea groups is 1. The largest absolute Gasteiger partial charge is 0.444 e. The average molecular weight is 488 g/mol. The zero-order chi connectivity index (χ0) is 24.0. The van der Waals surface area contributed by atoms with Crippen LogP contribution < -0.4 is 0 Å². The first kappa shape index (κ1) is 23.7. The molecule has 2 bridgehead atoms. The fraction of sp³-hybridized carbons (Fsp3) is 0.789. The fourth-order valence-corrected chi connectivity index (χ4v) is 4.75. The van der Waals surface area contributed by atoms with E-state index < -0.39 is 34.1 Å². The third kappa shape index (κ3) is 5.55. The number of aromatic nitrogens is 2. The maximum atomic E-state index is 12.5. The van der Waals surface area contributed by atoms with Crippen molar-refractivity contribution >= 4 is 22.5 Å². The molecule has 1 N–H and O–H groups in total. The highest BCUT2D eigenvalue weighted by Crippen LogP contribution is 2.38. The van der Waals surface area contributed by atoms with Crippen molar-refractivity contribution in [1.29, 1.82) is 0 Å². The number of carbonyl (C=O) groups is 2. The third-order valence-electron chi connectivity index (χ3n) is 5.88. The zero-order valence-electron chi connectivity index (χ0n) is 18.8. The lowest BCUT2D eigenvalue weighted by Gasteiger charge is -2.39. The number of amides is 3. The van der Waals surface area contributed by atoms with E-state index in [1.807, 2.05) is 20.8 Å². The van der Waals surface area contributed by atoms with E-state index in [1.165, 1.54) is 4.90 Å². The number of rotatable bonds is 7. The highest BCUT2D eigenvalue weighted by Gasteiger charge is 2.49. The van der Waals surface area contributed by atoms with Gasteiger partial charge in [0, 0.05) is 26.1 Å². The van der Waals surface area contributed by atoms with Crippen molar-refractivity contribution in [1.82, 2.24) is 25.1 Å². The van der Waals surface area contributed by atoms with Crippen LogP contribution in [0.1, 0.15) is 64.3 Å². The van der Waals surface area contributed by atoms with E-state index in [-0.39, 0.29) is 12.6 Å². The van der Waals surface area contributed by atoms with E-state index in [1.54, 1.807) is 4.90 Å². The molecular formula is C19H29N5O8S. The molecule has 3 fully saturated rings. The molecule has 3 amide bonds. The van der Waals surface area contributed by atoms with Crippen molar-refractivity contribution in [3.8, 4) is 0 Å². The first-order valence-electron chi connectivity index (χ1n) is 11.0. The second-order valence-electron chi connectivity index (χ2n) is 9.69. The molecule has 1 aromatic rings. The van der Waals surface area contributed by atoms with Crippen LogP contribution in [0.2, 0.25) is 0 Å². The molecule has 0 unspecified atom stereocenters. The predicted molar refractivity (Wildman–Crippen MR) is 111 cm³/mol. The van der Waals surface area contributed by atoms with Crippen molar-refractivity contribution in [2.24, 2.45) is 5.92 Å². The average Bonchev–Trinajstić information content (AvgIpc) is 3.21. The molecule has 3 saturated heterocycles. The predicted octanol–water partition coefficient (Wildman–Crippen LogP) is 1.93. The van der Waals surface area contributed by atoms with E-state index in [0.717, 1.165) is 12.8 Å². The summed E-state index contributed by atoms with van der Waals surface area (Å²) < 4.78 is 46.5. The number of hydrogen-bond acceptors (Lipinski definition) is 9. The van der Waals surface area contributed by atoms with E-state index in [9.17, 15) is 18.0 Å². The molecule has 0 aromatic carbocycles. The van der Waals surface area contributed by atoms with Crippen LogP contribution in [0.4, 0.5) is 9.59 Å². The van der Waals surface area contributed by atoms with Crippen molar-refractivity contribution in [3.05, 3.63) is 11.8 Å². The minimum absolute atomic E-state index is 0.243. The molecule has 0 aliphatic carbocycles. The summed E-state index contributed by atoms with van der Waals surface area (Å²) >= 11 is 0. The molecular weight excluding hydrogens is 458 g/mol. The lowest BCUT2D eigenvalue weighted by atomic mass is 9.94. The van der Waals surface area contributed by atoms with E-state index in [4.69, 9.17) is 13.7 Å². The summed E-state index contributed by atoms with van der Waals surface area (Å²) in [6.07, 6.45) is 3.00. The van der Waals surface area contributed by atoms with E-state index >= 15 is 0 Å². The molecule has 0 radical (unpaired) electrons. The number of ether oxygens (including phenoxy) is 1. The first-order chi connectivity index (χ1) is 15.4. The first-order valence-corrected chi connectivity index (χ1v) is 12.3. The molecule has 1 aromatic heterocycles. The van der Waals surface area contributed by atoms with Crippen LogP contribution in [0.3, 0.4) is 0 Å². The van der Waals surface area contributed by atoms with Crippen LogP contribution in [0, 0.1) is 5.92 Å². The monoisotopic (exact) mass is 487 g/mol. The summed E-state index contributed by atoms with van der Waals surface area (Å²) in [5, 5.41) is 8.85. The number of fused-ring (bicyclic) bond motifs is 2. The Balaban J connectivity index is 1.24. The summed E-state index contributed by atoms with van der Waals surface area (Å²) in [5.74, 6) is 1.17. The lowest BCUT2D eigenvalue weighted by Crippen LogP contribution is -2.51. The van der Waals surface area contributed by atoms with Crippen LogP contribution in [-0.2, 0) is 25.8 Å². The van der Waals surface area contributed by atoms with Gasteiger partial charge in [0.05, 0.1) is 6.04 Å². The number of hydrogen-bond donors (Lipinski definition) is 1. The number of nitrogens with zero attached hydrogens (tertiary/aromatic N) is 5. The minimum Gasteiger partial charge on any atom is -0.444 e. The summed E-state index contributed by atoms with van der Waals surface area (Å²) in [6.45, 7) is 7.12. The summed E-state index contributed by atoms with van der Waals surface area (Å²) in [6, 6.07) is -1.61. The highest BCUT2D eigenvalue weighted by atomic mass is 32.3. The number of hydroxylamine groups is 2. The van der Waals surface area contributed by atoms with Gasteiger partial charge in [0.1, 0.15) is 11.6 Å². The number of likely N-dealkylation sites (tertiary alicyclic amines) is 1. The number of aryl methyl sites for hydroxylation is 1. The molecule has 3 aliphatic rings. The second-order valence-corrected chi connectivity index (χ2v) is 10.7. The lowest BCUT2D eigenvalue weighted by molar-refractivity contribution is -0.0317. The van der Waals surface area contributed by atoms with Crippen molar-refractivity contribution in [2.45, 2.75) is 70.6 Å². The Labute approximate surface area is 191 Å². The number of carbonyl (C=O) groups excluding carboxylic acids is 2. The quantitative estimate of drug-likeness (QED) is 0.564. The molecule has 2 atom stereocenters. The van der Waals surface area contributed by atoms with Gasteiger partial charge < -0.3 is 19.0 Å². The Morgan fingerprint density at radius 1 is 1.21 bits per heavy atom. The summed E-state index contributed by atoms with van der Waals surface area (Å²) in [7, 11) is -4.79. The van der Waals surface area contributed by atoms with Crippen molar-refractivity contribution < 1.29 is 36.0 Å². The molecule has 4 rings (SSSR count). The molecule has 13 nitrogen and oxygen atoms in total. The summed E-state index contributed by atoms with van der Waals surface area (Å²) in [5.41, 5.74) is -0.501. The van der Waals surface area contributed by atoms with Crippen LogP contribution in [0.5, 0.6) is 0 Å². The van der Waals surface area contributed by atoms with Crippen molar-refractivity contribution in [2.75, 3.05) is 19.6 Å². The maximum absolute atomic E-state index is 12.5. The van der Waals surface area contributed by atoms with Gasteiger partial charge in [0.15, 0.2) is 0 Å². The maximum Gasteiger partial charge on any atom is 0.418 e. The van der Waals surface area contributed by atoms with Gasteiger partial charge in [-0.25, -0.2) is 9.59 Å². The molecule has 33 heavy (non-hydrogen) atoms. The van der Waals surface area contributed by atoms with Gasteiger partial charge in [0.2, 0.25) is 11.8 Å². The SMILES string of the molecule is CC(C)(C)OC(=O)N1CC(CCCc2nnc([C@@H]3CC[C@H]4CN3C(=O)N4OS(=O)(=O)O)o2)C1. The second kappa shape index (κ2) is 8.72. The van der Waals surface area contributed by atoms with Gasteiger partial charge in [-0.1, -0.05) is 0 Å². The number of piperidine rings is 1. The third-order valence-corrected chi connectivity index (χ3v) is 6.23. The fourth-order valence-electron chi connectivity index (χ4n) is 4.36. The molecule has 14 heteroatoms. The molecule has 0 spiro atoms. The van der Waals surface area contributed by atoms with E-state index in [2.05, 4.69) is 14.5 Å². The van der Waals surface area contributed by atoms with Gasteiger partial charge in [-0.2, -0.15) is 13.5 Å². The Kier molecular flexibility index (Phi) is 6.26. The Bertz CT molecular complexity index is 1000. The standard InChI is InChI=1S/C19H29N5O8S/c1-19(2,3)31-18(26)22-9-12(10-22)5-4-6-15-20-21-16(30-15)14-8-7-13-11-23(14)17(25)24(13)32-33(27,28)29/h12-14H,4-11H2,1-3H3,(H,27,28,29)/t13-,14-/m0/s1. The van der Waals surface area contributed by atoms with Crippen LogP contribution in [-0.4, -0.2) is 81.4 Å². The minimum atomic E-state index is -4.79. The normalized spacial score (nSPS) is 23.8. The van der Waals surface area contributed by atoms with Gasteiger partial charge in [-0.05, 0) is 52.4 Å². The molecule has 184 valence electrons. The van der Waals surface area contributed by atoms with Crippen LogP contribution >= 0.6 is 0 Å². The topological polar surface area (TPSA) is 156 Å². The van der Waals surface area contributed by atoms with Crippen LogP contribution in [0.25, 0.3) is 0 Å². The van der Waals surface area contributed by atoms with Gasteiger partial charge in [0.25, 0.3) is 0 Å². The summed E-state index contributed by atoms with van der Waals surface area (Å²) in [4.78, 5) is 27.6. The molecule has 3 aliphatic heterocycles. The van der Waals surface area contributed by atoms with E-state index in [0.29, 0.717) is 55.1 Å². The molecule has 0 saturated carbocycles. The smallest absolute Gasteiger partial charge is 0.418 e.